The first kappa shape index (κ1) is 9.68. The van der Waals surface area contributed by atoms with Gasteiger partial charge in [0.25, 0.3) is 0 Å². The van der Waals surface area contributed by atoms with Crippen LogP contribution in [0, 0.1) is 17.8 Å². The van der Waals surface area contributed by atoms with Crippen molar-refractivity contribution in [1.82, 2.24) is 5.32 Å². The van der Waals surface area contributed by atoms with Crippen molar-refractivity contribution in [3.05, 3.63) is 0 Å². The van der Waals surface area contributed by atoms with Gasteiger partial charge in [-0.15, -0.1) is 0 Å². The highest BCUT2D eigenvalue weighted by Gasteiger charge is 2.41. The molecule has 3 rings (SSSR count). The van der Waals surface area contributed by atoms with Crippen LogP contribution in [0.15, 0.2) is 4.99 Å². The van der Waals surface area contributed by atoms with Crippen molar-refractivity contribution in [2.45, 2.75) is 51.5 Å². The zero-order valence-corrected chi connectivity index (χ0v) is 9.71. The number of hydrogen-bond donors (Lipinski definition) is 1. The molecule has 2 bridgehead atoms. The Morgan fingerprint density at radius 3 is 2.87 bits per heavy atom. The molecule has 1 N–H and O–H groups in total. The van der Waals surface area contributed by atoms with E-state index in [1.165, 1.54) is 44.4 Å². The summed E-state index contributed by atoms with van der Waals surface area (Å²) in [6.07, 6.45) is 8.44. The molecule has 4 unspecified atom stereocenters. The highest BCUT2D eigenvalue weighted by Crippen LogP contribution is 2.49. The van der Waals surface area contributed by atoms with Crippen molar-refractivity contribution in [3.63, 3.8) is 0 Å². The summed E-state index contributed by atoms with van der Waals surface area (Å²) in [5.41, 5.74) is 0. The van der Waals surface area contributed by atoms with Crippen LogP contribution in [0.3, 0.4) is 0 Å². The SMILES string of the molecule is CC(NC1=NCCC1)C1CC2CCC1C2. The van der Waals surface area contributed by atoms with E-state index in [1.54, 1.807) is 0 Å². The van der Waals surface area contributed by atoms with E-state index in [9.17, 15) is 0 Å². The number of aliphatic imine (C=N–C) groups is 1. The molecule has 0 spiro atoms. The van der Waals surface area contributed by atoms with E-state index < -0.39 is 0 Å². The molecule has 2 fully saturated rings. The number of nitrogens with one attached hydrogen (secondary N) is 1. The van der Waals surface area contributed by atoms with Gasteiger partial charge in [-0.05, 0) is 50.4 Å². The van der Waals surface area contributed by atoms with Gasteiger partial charge < -0.3 is 5.32 Å². The fourth-order valence-electron chi connectivity index (χ4n) is 3.93. The van der Waals surface area contributed by atoms with E-state index in [-0.39, 0.29) is 0 Å². The molecule has 0 amide bonds. The van der Waals surface area contributed by atoms with Crippen LogP contribution in [-0.2, 0) is 0 Å². The van der Waals surface area contributed by atoms with Crippen molar-refractivity contribution in [2.24, 2.45) is 22.7 Å². The van der Waals surface area contributed by atoms with Crippen molar-refractivity contribution >= 4 is 5.84 Å². The molecule has 1 heterocycles. The summed E-state index contributed by atoms with van der Waals surface area (Å²) in [5, 5.41) is 3.66. The molecule has 0 aromatic heterocycles. The first-order valence-electron chi connectivity index (χ1n) is 6.63. The molecule has 3 aliphatic rings. The Morgan fingerprint density at radius 2 is 2.27 bits per heavy atom. The molecule has 4 atom stereocenters. The number of nitrogens with zero attached hydrogens (tertiary/aromatic N) is 1. The minimum absolute atomic E-state index is 0.664. The third-order valence-electron chi connectivity index (χ3n) is 4.70. The summed E-state index contributed by atoms with van der Waals surface area (Å²) in [6.45, 7) is 3.41. The minimum Gasteiger partial charge on any atom is -0.371 e. The predicted molar refractivity (Wildman–Crippen MR) is 63.1 cm³/mol. The van der Waals surface area contributed by atoms with E-state index in [0.717, 1.165) is 24.3 Å². The summed E-state index contributed by atoms with van der Waals surface area (Å²) in [7, 11) is 0. The maximum atomic E-state index is 4.51. The van der Waals surface area contributed by atoms with Gasteiger partial charge in [-0.25, -0.2) is 0 Å². The third kappa shape index (κ3) is 1.79. The normalized spacial score (nSPS) is 40.6. The number of amidine groups is 1. The Morgan fingerprint density at radius 1 is 1.33 bits per heavy atom. The van der Waals surface area contributed by atoms with Crippen LogP contribution in [-0.4, -0.2) is 18.4 Å². The average Bonchev–Trinajstić information content (AvgIpc) is 2.93. The lowest BCUT2D eigenvalue weighted by molar-refractivity contribution is 0.278. The van der Waals surface area contributed by atoms with Gasteiger partial charge in [0.15, 0.2) is 0 Å². The molecule has 2 heteroatoms. The van der Waals surface area contributed by atoms with Gasteiger partial charge in [-0.3, -0.25) is 4.99 Å². The van der Waals surface area contributed by atoms with Crippen LogP contribution in [0.5, 0.6) is 0 Å². The van der Waals surface area contributed by atoms with E-state index in [0.29, 0.717) is 6.04 Å². The third-order valence-corrected chi connectivity index (χ3v) is 4.70. The second kappa shape index (κ2) is 3.80. The van der Waals surface area contributed by atoms with Crippen molar-refractivity contribution in [2.75, 3.05) is 6.54 Å². The standard InChI is InChI=1S/C13H22N2/c1-9(15-13-3-2-6-14-13)12-8-10-4-5-11(12)7-10/h9-12H,2-8H2,1H3,(H,14,15). The molecule has 0 radical (unpaired) electrons. The summed E-state index contributed by atoms with van der Waals surface area (Å²) >= 11 is 0. The smallest absolute Gasteiger partial charge is 0.0965 e. The predicted octanol–water partition coefficient (Wildman–Crippen LogP) is 2.59. The van der Waals surface area contributed by atoms with Crippen LogP contribution in [0.1, 0.15) is 45.4 Å². The summed E-state index contributed by atoms with van der Waals surface area (Å²) in [4.78, 5) is 4.51. The van der Waals surface area contributed by atoms with Crippen molar-refractivity contribution in [3.8, 4) is 0 Å². The second-order valence-electron chi connectivity index (χ2n) is 5.70. The number of hydrogen-bond acceptors (Lipinski definition) is 2. The number of rotatable bonds is 2. The van der Waals surface area contributed by atoms with Crippen molar-refractivity contribution in [1.29, 1.82) is 0 Å². The fourth-order valence-corrected chi connectivity index (χ4v) is 3.93. The van der Waals surface area contributed by atoms with E-state index in [4.69, 9.17) is 0 Å². The zero-order valence-electron chi connectivity index (χ0n) is 9.71. The molecule has 2 aliphatic carbocycles. The monoisotopic (exact) mass is 206 g/mol. The number of fused-ring (bicyclic) bond motifs is 2. The Labute approximate surface area is 92.5 Å². The molecular weight excluding hydrogens is 184 g/mol. The van der Waals surface area contributed by atoms with Crippen LogP contribution >= 0.6 is 0 Å². The molecule has 0 aromatic rings. The largest absolute Gasteiger partial charge is 0.371 e. The summed E-state index contributed by atoms with van der Waals surface area (Å²) < 4.78 is 0. The van der Waals surface area contributed by atoms with E-state index in [2.05, 4.69) is 17.2 Å². The lowest BCUT2D eigenvalue weighted by atomic mass is 9.84. The molecule has 0 saturated heterocycles. The van der Waals surface area contributed by atoms with Crippen LogP contribution < -0.4 is 5.32 Å². The molecule has 2 nitrogen and oxygen atoms in total. The highest BCUT2D eigenvalue weighted by atomic mass is 15.0. The molecule has 1 aliphatic heterocycles. The maximum absolute atomic E-state index is 4.51. The molecule has 84 valence electrons. The zero-order chi connectivity index (χ0) is 10.3. The van der Waals surface area contributed by atoms with Crippen LogP contribution in [0.2, 0.25) is 0 Å². The second-order valence-corrected chi connectivity index (χ2v) is 5.70. The van der Waals surface area contributed by atoms with Gasteiger partial charge >= 0.3 is 0 Å². The highest BCUT2D eigenvalue weighted by molar-refractivity contribution is 5.83. The van der Waals surface area contributed by atoms with Crippen molar-refractivity contribution < 1.29 is 0 Å². The first-order valence-corrected chi connectivity index (χ1v) is 6.63. The maximum Gasteiger partial charge on any atom is 0.0965 e. The average molecular weight is 206 g/mol. The quantitative estimate of drug-likeness (QED) is 0.738. The fraction of sp³-hybridized carbons (Fsp3) is 0.923. The van der Waals surface area contributed by atoms with Gasteiger partial charge in [0.05, 0.1) is 5.84 Å². The Balaban J connectivity index is 1.58. The topological polar surface area (TPSA) is 24.4 Å². The Kier molecular flexibility index (Phi) is 2.45. The first-order chi connectivity index (χ1) is 7.33. The molecular formula is C13H22N2. The van der Waals surface area contributed by atoms with Gasteiger partial charge in [0, 0.05) is 19.0 Å². The molecule has 15 heavy (non-hydrogen) atoms. The van der Waals surface area contributed by atoms with Gasteiger partial charge in [-0.2, -0.15) is 0 Å². The summed E-state index contributed by atoms with van der Waals surface area (Å²) in [5.74, 6) is 4.31. The van der Waals surface area contributed by atoms with Gasteiger partial charge in [0.2, 0.25) is 0 Å². The van der Waals surface area contributed by atoms with Crippen LogP contribution in [0.4, 0.5) is 0 Å². The Bertz CT molecular complexity index is 272. The molecule has 2 saturated carbocycles. The van der Waals surface area contributed by atoms with Gasteiger partial charge in [0.1, 0.15) is 0 Å². The van der Waals surface area contributed by atoms with E-state index >= 15 is 0 Å². The minimum atomic E-state index is 0.664. The Hall–Kier alpha value is -0.530. The van der Waals surface area contributed by atoms with Crippen LogP contribution in [0.25, 0.3) is 0 Å². The van der Waals surface area contributed by atoms with E-state index in [1.807, 2.05) is 0 Å². The molecule has 0 aromatic carbocycles. The lowest BCUT2D eigenvalue weighted by Gasteiger charge is -2.29. The summed E-state index contributed by atoms with van der Waals surface area (Å²) in [6, 6.07) is 0.664. The lowest BCUT2D eigenvalue weighted by Crippen LogP contribution is -2.39. The van der Waals surface area contributed by atoms with Gasteiger partial charge in [-0.1, -0.05) is 6.42 Å².